The highest BCUT2D eigenvalue weighted by molar-refractivity contribution is 7.89. The summed E-state index contributed by atoms with van der Waals surface area (Å²) in [7, 11) is -3.87. The van der Waals surface area contributed by atoms with Gasteiger partial charge in [0.15, 0.2) is 0 Å². The summed E-state index contributed by atoms with van der Waals surface area (Å²) >= 11 is 0. The van der Waals surface area contributed by atoms with Crippen molar-refractivity contribution in [3.8, 4) is 0 Å². The first-order valence-electron chi connectivity index (χ1n) is 8.34. The van der Waals surface area contributed by atoms with Crippen LogP contribution in [0.25, 0.3) is 0 Å². The highest BCUT2D eigenvalue weighted by atomic mass is 32.2. The van der Waals surface area contributed by atoms with Crippen molar-refractivity contribution in [2.75, 3.05) is 0 Å². The van der Waals surface area contributed by atoms with Crippen LogP contribution in [0.2, 0.25) is 0 Å². The molecule has 6 nitrogen and oxygen atoms in total. The number of carbonyl (C=O) groups excluding carboxylic acids is 1. The Hall–Kier alpha value is -1.67. The van der Waals surface area contributed by atoms with Crippen molar-refractivity contribution in [3.05, 3.63) is 30.1 Å². The maximum Gasteiger partial charge on any atom is 0.407 e. The Morgan fingerprint density at radius 2 is 1.84 bits per heavy atom. The number of hydrogen-bond donors (Lipinski definition) is 2. The average molecular weight is 372 g/mol. The molecular formula is C17H25FN2O4S. The lowest BCUT2D eigenvalue weighted by Gasteiger charge is -2.33. The van der Waals surface area contributed by atoms with Gasteiger partial charge in [-0.3, -0.25) is 0 Å². The fourth-order valence-corrected chi connectivity index (χ4v) is 4.15. The van der Waals surface area contributed by atoms with E-state index in [1.54, 1.807) is 20.8 Å². The van der Waals surface area contributed by atoms with E-state index in [1.807, 2.05) is 0 Å². The molecule has 0 bridgehead atoms. The van der Waals surface area contributed by atoms with Crippen molar-refractivity contribution in [2.24, 2.45) is 0 Å². The molecule has 1 aliphatic rings. The van der Waals surface area contributed by atoms with E-state index >= 15 is 0 Å². The Balaban J connectivity index is 2.09. The number of halogens is 1. The molecule has 1 amide bonds. The van der Waals surface area contributed by atoms with Gasteiger partial charge in [0.1, 0.15) is 11.4 Å². The van der Waals surface area contributed by atoms with Crippen molar-refractivity contribution in [3.63, 3.8) is 0 Å². The summed E-state index contributed by atoms with van der Waals surface area (Å²) in [5, 5.41) is 2.75. The Morgan fingerprint density at radius 1 is 1.20 bits per heavy atom. The molecule has 140 valence electrons. The molecule has 0 heterocycles. The van der Waals surface area contributed by atoms with Crippen LogP contribution in [0.15, 0.2) is 29.2 Å². The maximum atomic E-state index is 13.3. The van der Waals surface area contributed by atoms with E-state index in [4.69, 9.17) is 4.74 Å². The third kappa shape index (κ3) is 5.97. The van der Waals surface area contributed by atoms with E-state index in [0.29, 0.717) is 12.8 Å². The number of rotatable bonds is 4. The van der Waals surface area contributed by atoms with Crippen molar-refractivity contribution in [1.29, 1.82) is 0 Å². The fraction of sp³-hybridized carbons (Fsp3) is 0.588. The van der Waals surface area contributed by atoms with Gasteiger partial charge < -0.3 is 10.1 Å². The maximum absolute atomic E-state index is 13.3. The molecular weight excluding hydrogens is 347 g/mol. The van der Waals surface area contributed by atoms with Gasteiger partial charge >= 0.3 is 6.09 Å². The summed E-state index contributed by atoms with van der Waals surface area (Å²) in [4.78, 5) is 11.9. The van der Waals surface area contributed by atoms with E-state index in [9.17, 15) is 17.6 Å². The SMILES string of the molecule is CC(C)(C)OC(=O)NC1CCCCC1NS(=O)(=O)c1cccc(F)c1. The van der Waals surface area contributed by atoms with E-state index in [1.165, 1.54) is 18.2 Å². The van der Waals surface area contributed by atoms with Gasteiger partial charge in [0, 0.05) is 12.1 Å². The zero-order chi connectivity index (χ0) is 18.7. The topological polar surface area (TPSA) is 84.5 Å². The molecule has 2 N–H and O–H groups in total. The quantitative estimate of drug-likeness (QED) is 0.851. The minimum absolute atomic E-state index is 0.130. The summed E-state index contributed by atoms with van der Waals surface area (Å²) in [6.45, 7) is 5.28. The number of hydrogen-bond acceptors (Lipinski definition) is 4. The van der Waals surface area contributed by atoms with Crippen LogP contribution in [0.4, 0.5) is 9.18 Å². The number of alkyl carbamates (subject to hydrolysis) is 1. The third-order valence-electron chi connectivity index (χ3n) is 3.88. The number of nitrogens with one attached hydrogen (secondary N) is 2. The number of benzene rings is 1. The number of carbonyl (C=O) groups is 1. The van der Waals surface area contributed by atoms with Crippen molar-refractivity contribution in [1.82, 2.24) is 10.0 Å². The lowest BCUT2D eigenvalue weighted by atomic mass is 9.91. The van der Waals surface area contributed by atoms with E-state index in [-0.39, 0.29) is 10.9 Å². The second kappa shape index (κ2) is 7.70. The van der Waals surface area contributed by atoms with Gasteiger partial charge in [0.05, 0.1) is 4.90 Å². The van der Waals surface area contributed by atoms with Crippen molar-refractivity contribution >= 4 is 16.1 Å². The molecule has 8 heteroatoms. The fourth-order valence-electron chi connectivity index (χ4n) is 2.81. The Labute approximate surface area is 148 Å². The Morgan fingerprint density at radius 3 is 2.44 bits per heavy atom. The molecule has 1 aromatic rings. The molecule has 0 aromatic heterocycles. The minimum Gasteiger partial charge on any atom is -0.444 e. The van der Waals surface area contributed by atoms with Gasteiger partial charge in [-0.2, -0.15) is 0 Å². The molecule has 0 saturated heterocycles. The first-order chi connectivity index (χ1) is 11.6. The van der Waals surface area contributed by atoms with Crippen LogP contribution in [0.5, 0.6) is 0 Å². The third-order valence-corrected chi connectivity index (χ3v) is 5.37. The van der Waals surface area contributed by atoms with Crippen LogP contribution >= 0.6 is 0 Å². The lowest BCUT2D eigenvalue weighted by Crippen LogP contribution is -2.53. The van der Waals surface area contributed by atoms with Gasteiger partial charge in [0.2, 0.25) is 10.0 Å². The molecule has 0 radical (unpaired) electrons. The van der Waals surface area contributed by atoms with Gasteiger partial charge in [-0.1, -0.05) is 18.9 Å². The number of sulfonamides is 1. The largest absolute Gasteiger partial charge is 0.444 e. The minimum atomic E-state index is -3.87. The first-order valence-corrected chi connectivity index (χ1v) is 9.82. The Kier molecular flexibility index (Phi) is 6.05. The first kappa shape index (κ1) is 19.7. The molecule has 0 aliphatic heterocycles. The summed E-state index contributed by atoms with van der Waals surface area (Å²) in [6, 6.07) is 4.01. The van der Waals surface area contributed by atoms with Crippen LogP contribution in [0.1, 0.15) is 46.5 Å². The van der Waals surface area contributed by atoms with Crippen LogP contribution in [-0.4, -0.2) is 32.2 Å². The molecule has 2 rings (SSSR count). The van der Waals surface area contributed by atoms with Crippen LogP contribution in [0.3, 0.4) is 0 Å². The summed E-state index contributed by atoms with van der Waals surface area (Å²) in [5.41, 5.74) is -0.630. The molecule has 2 unspecified atom stereocenters. The van der Waals surface area contributed by atoms with E-state index in [2.05, 4.69) is 10.0 Å². The van der Waals surface area contributed by atoms with Crippen molar-refractivity contribution in [2.45, 2.75) is 69.0 Å². The van der Waals surface area contributed by atoms with Gasteiger partial charge in [-0.25, -0.2) is 22.3 Å². The number of ether oxygens (including phenoxy) is 1. The Bertz CT molecular complexity index is 716. The molecule has 25 heavy (non-hydrogen) atoms. The molecule has 2 atom stereocenters. The molecule has 1 saturated carbocycles. The molecule has 1 aliphatic carbocycles. The van der Waals surface area contributed by atoms with Crippen LogP contribution in [0, 0.1) is 5.82 Å². The predicted molar refractivity (Wildman–Crippen MR) is 92.1 cm³/mol. The zero-order valence-electron chi connectivity index (χ0n) is 14.7. The predicted octanol–water partition coefficient (Wildman–Crippen LogP) is 2.94. The smallest absolute Gasteiger partial charge is 0.407 e. The number of amides is 1. The summed E-state index contributed by atoms with van der Waals surface area (Å²) in [6.07, 6.45) is 2.40. The average Bonchev–Trinajstić information content (AvgIpc) is 2.47. The highest BCUT2D eigenvalue weighted by Gasteiger charge is 2.31. The normalized spacial score (nSPS) is 21.6. The highest BCUT2D eigenvalue weighted by Crippen LogP contribution is 2.22. The summed E-state index contributed by atoms with van der Waals surface area (Å²) in [5.74, 6) is -0.616. The van der Waals surface area contributed by atoms with Crippen molar-refractivity contribution < 1.29 is 22.3 Å². The second-order valence-electron chi connectivity index (χ2n) is 7.22. The molecule has 1 aromatic carbocycles. The van der Waals surface area contributed by atoms with E-state index < -0.39 is 33.6 Å². The monoisotopic (exact) mass is 372 g/mol. The van der Waals surface area contributed by atoms with Crippen LogP contribution in [-0.2, 0) is 14.8 Å². The van der Waals surface area contributed by atoms with E-state index in [0.717, 1.165) is 18.9 Å². The summed E-state index contributed by atoms with van der Waals surface area (Å²) < 4.78 is 46.1. The zero-order valence-corrected chi connectivity index (χ0v) is 15.5. The lowest BCUT2D eigenvalue weighted by molar-refractivity contribution is 0.0483. The molecule has 0 spiro atoms. The standard InChI is InChI=1S/C17H25FN2O4S/c1-17(2,3)24-16(21)19-14-9-4-5-10-15(14)20-25(22,23)13-8-6-7-12(18)11-13/h6-8,11,14-15,20H,4-5,9-10H2,1-3H3,(H,19,21). The second-order valence-corrected chi connectivity index (χ2v) is 8.94. The van der Waals surface area contributed by atoms with Gasteiger partial charge in [-0.15, -0.1) is 0 Å². The van der Waals surface area contributed by atoms with Gasteiger partial charge in [-0.05, 0) is 51.8 Å². The molecule has 1 fully saturated rings. The van der Waals surface area contributed by atoms with Crippen LogP contribution < -0.4 is 10.0 Å². The van der Waals surface area contributed by atoms with Gasteiger partial charge in [0.25, 0.3) is 0 Å².